The van der Waals surface area contributed by atoms with Crippen LogP contribution in [0.5, 0.6) is 0 Å². The first kappa shape index (κ1) is 14.7. The van der Waals surface area contributed by atoms with Gasteiger partial charge in [-0.1, -0.05) is 0 Å². The maximum Gasteiger partial charge on any atom is 0.270 e. The van der Waals surface area contributed by atoms with E-state index in [0.29, 0.717) is 11.7 Å². The largest absolute Gasteiger partial charge is 0.349 e. The maximum absolute atomic E-state index is 12.4. The van der Waals surface area contributed by atoms with Crippen molar-refractivity contribution >= 4 is 11.6 Å². The van der Waals surface area contributed by atoms with Crippen molar-refractivity contribution in [2.45, 2.75) is 38.8 Å². The summed E-state index contributed by atoms with van der Waals surface area (Å²) in [5, 5.41) is 6.29. The van der Waals surface area contributed by atoms with Gasteiger partial charge >= 0.3 is 0 Å². The van der Waals surface area contributed by atoms with E-state index in [2.05, 4.69) is 22.5 Å². The summed E-state index contributed by atoms with van der Waals surface area (Å²) in [5.74, 6) is -0.341. The van der Waals surface area contributed by atoms with Crippen LogP contribution in [-0.2, 0) is 0 Å². The Morgan fingerprint density at radius 1 is 1.50 bits per heavy atom. The van der Waals surface area contributed by atoms with Crippen LogP contribution in [-0.4, -0.2) is 33.9 Å². The monoisotopic (exact) mass is 300 g/mol. The van der Waals surface area contributed by atoms with Crippen molar-refractivity contribution < 1.29 is 4.79 Å². The summed E-state index contributed by atoms with van der Waals surface area (Å²) in [7, 11) is 0. The first-order valence-electron chi connectivity index (χ1n) is 7.57. The molecule has 1 fully saturated rings. The van der Waals surface area contributed by atoms with Gasteiger partial charge in [0.2, 0.25) is 0 Å². The van der Waals surface area contributed by atoms with E-state index < -0.39 is 0 Å². The van der Waals surface area contributed by atoms with Crippen LogP contribution >= 0.6 is 0 Å². The standard InChI is InChI=1S/C16H20N4O2/c1-10-4-6-20-14(7-10)18-9-13(16(20)22)15(21)19-12-3-5-17-11(2)8-12/h4,6-7,9,11-12,17H,3,5,8H2,1-2H3,(H,19,21). The van der Waals surface area contributed by atoms with E-state index >= 15 is 0 Å². The van der Waals surface area contributed by atoms with E-state index in [4.69, 9.17) is 0 Å². The minimum Gasteiger partial charge on any atom is -0.349 e. The number of hydrogen-bond acceptors (Lipinski definition) is 4. The molecule has 0 spiro atoms. The van der Waals surface area contributed by atoms with Crippen LogP contribution in [0.1, 0.15) is 35.7 Å². The number of aryl methyl sites for hydroxylation is 1. The molecule has 0 bridgehead atoms. The number of carbonyl (C=O) groups excluding carboxylic acids is 1. The molecule has 0 aromatic carbocycles. The van der Waals surface area contributed by atoms with Crippen molar-refractivity contribution in [1.29, 1.82) is 0 Å². The van der Waals surface area contributed by atoms with Crippen molar-refractivity contribution in [2.24, 2.45) is 0 Å². The predicted molar refractivity (Wildman–Crippen MR) is 84.2 cm³/mol. The molecule has 0 radical (unpaired) electrons. The van der Waals surface area contributed by atoms with Gasteiger partial charge in [0.25, 0.3) is 11.5 Å². The second kappa shape index (κ2) is 5.88. The summed E-state index contributed by atoms with van der Waals surface area (Å²) in [6, 6.07) is 4.11. The van der Waals surface area contributed by atoms with E-state index in [0.717, 1.165) is 24.9 Å². The molecule has 2 unspecified atom stereocenters. The van der Waals surface area contributed by atoms with Gasteiger partial charge in [-0.15, -0.1) is 0 Å². The molecule has 3 rings (SSSR count). The second-order valence-electron chi connectivity index (χ2n) is 5.96. The van der Waals surface area contributed by atoms with E-state index in [9.17, 15) is 9.59 Å². The smallest absolute Gasteiger partial charge is 0.270 e. The number of nitrogens with zero attached hydrogens (tertiary/aromatic N) is 2. The Kier molecular flexibility index (Phi) is 3.94. The molecule has 2 N–H and O–H groups in total. The van der Waals surface area contributed by atoms with E-state index in [-0.39, 0.29) is 23.1 Å². The number of pyridine rings is 1. The first-order chi connectivity index (χ1) is 10.5. The third-order valence-corrected chi connectivity index (χ3v) is 4.07. The number of piperidine rings is 1. The minimum atomic E-state index is -0.341. The summed E-state index contributed by atoms with van der Waals surface area (Å²) in [6.07, 6.45) is 4.77. The van der Waals surface area contributed by atoms with Gasteiger partial charge in [0, 0.05) is 24.5 Å². The Morgan fingerprint density at radius 3 is 3.09 bits per heavy atom. The summed E-state index contributed by atoms with van der Waals surface area (Å²) in [5.41, 5.74) is 1.34. The fourth-order valence-corrected chi connectivity index (χ4v) is 2.86. The maximum atomic E-state index is 12.4. The van der Waals surface area contributed by atoms with Crippen LogP contribution < -0.4 is 16.2 Å². The van der Waals surface area contributed by atoms with Crippen molar-refractivity contribution in [1.82, 2.24) is 20.0 Å². The molecule has 2 aromatic heterocycles. The molecule has 1 aliphatic rings. The zero-order valence-electron chi connectivity index (χ0n) is 12.8. The van der Waals surface area contributed by atoms with E-state index in [1.54, 1.807) is 6.20 Å². The Morgan fingerprint density at radius 2 is 2.32 bits per heavy atom. The quantitative estimate of drug-likeness (QED) is 0.863. The van der Waals surface area contributed by atoms with E-state index in [1.165, 1.54) is 10.6 Å². The number of rotatable bonds is 2. The van der Waals surface area contributed by atoms with Crippen molar-refractivity contribution in [3.05, 3.63) is 46.0 Å². The molecule has 1 aliphatic heterocycles. The SMILES string of the molecule is Cc1ccn2c(=O)c(C(=O)NC3CCNC(C)C3)cnc2c1. The summed E-state index contributed by atoms with van der Waals surface area (Å²) < 4.78 is 1.41. The summed E-state index contributed by atoms with van der Waals surface area (Å²) in [6.45, 7) is 4.90. The van der Waals surface area contributed by atoms with Gasteiger partial charge in [0.1, 0.15) is 11.2 Å². The lowest BCUT2D eigenvalue weighted by Crippen LogP contribution is -2.47. The van der Waals surface area contributed by atoms with Crippen molar-refractivity contribution in [3.8, 4) is 0 Å². The number of amides is 1. The lowest BCUT2D eigenvalue weighted by molar-refractivity contribution is 0.0923. The summed E-state index contributed by atoms with van der Waals surface area (Å²) in [4.78, 5) is 29.0. The molecule has 0 aliphatic carbocycles. The highest BCUT2D eigenvalue weighted by Gasteiger charge is 2.22. The molecule has 3 heterocycles. The molecule has 6 heteroatoms. The Bertz CT molecular complexity index is 768. The van der Waals surface area contributed by atoms with Crippen LogP contribution in [0.3, 0.4) is 0 Å². The molecule has 1 saturated heterocycles. The van der Waals surface area contributed by atoms with Gasteiger partial charge < -0.3 is 10.6 Å². The van der Waals surface area contributed by atoms with Crippen LogP contribution in [0.4, 0.5) is 0 Å². The third-order valence-electron chi connectivity index (χ3n) is 4.07. The van der Waals surface area contributed by atoms with Crippen molar-refractivity contribution in [3.63, 3.8) is 0 Å². The van der Waals surface area contributed by atoms with Crippen molar-refractivity contribution in [2.75, 3.05) is 6.54 Å². The van der Waals surface area contributed by atoms with Gasteiger partial charge in [-0.3, -0.25) is 14.0 Å². The molecular weight excluding hydrogens is 280 g/mol. The number of nitrogens with one attached hydrogen (secondary N) is 2. The van der Waals surface area contributed by atoms with Gasteiger partial charge in [-0.2, -0.15) is 0 Å². The number of aromatic nitrogens is 2. The fraction of sp³-hybridized carbons (Fsp3) is 0.438. The highest BCUT2D eigenvalue weighted by molar-refractivity contribution is 5.93. The fourth-order valence-electron chi connectivity index (χ4n) is 2.86. The van der Waals surface area contributed by atoms with Gasteiger partial charge in [0.15, 0.2) is 0 Å². The molecule has 22 heavy (non-hydrogen) atoms. The number of fused-ring (bicyclic) bond motifs is 1. The molecule has 2 aromatic rings. The summed E-state index contributed by atoms with van der Waals surface area (Å²) >= 11 is 0. The molecule has 116 valence electrons. The Hall–Kier alpha value is -2.21. The zero-order chi connectivity index (χ0) is 15.7. The highest BCUT2D eigenvalue weighted by atomic mass is 16.2. The Labute approximate surface area is 128 Å². The van der Waals surface area contributed by atoms with Crippen LogP contribution in [0, 0.1) is 6.92 Å². The second-order valence-corrected chi connectivity index (χ2v) is 5.96. The molecule has 2 atom stereocenters. The lowest BCUT2D eigenvalue weighted by Gasteiger charge is -2.28. The molecular formula is C16H20N4O2. The van der Waals surface area contributed by atoms with Gasteiger partial charge in [0.05, 0.1) is 0 Å². The van der Waals surface area contributed by atoms with Gasteiger partial charge in [-0.05, 0) is 50.9 Å². The number of carbonyl (C=O) groups is 1. The highest BCUT2D eigenvalue weighted by Crippen LogP contribution is 2.09. The predicted octanol–water partition coefficient (Wildman–Crippen LogP) is 0.873. The van der Waals surface area contributed by atoms with Crippen LogP contribution in [0.25, 0.3) is 5.65 Å². The van der Waals surface area contributed by atoms with Gasteiger partial charge in [-0.25, -0.2) is 4.98 Å². The Balaban J connectivity index is 1.86. The minimum absolute atomic E-state index is 0.0903. The lowest BCUT2D eigenvalue weighted by atomic mass is 10.0. The average Bonchev–Trinajstić information content (AvgIpc) is 2.47. The topological polar surface area (TPSA) is 75.5 Å². The normalized spacial score (nSPS) is 21.7. The third kappa shape index (κ3) is 2.87. The molecule has 1 amide bonds. The molecule has 0 saturated carbocycles. The first-order valence-corrected chi connectivity index (χ1v) is 7.57. The van der Waals surface area contributed by atoms with Crippen LogP contribution in [0.2, 0.25) is 0 Å². The average molecular weight is 300 g/mol. The zero-order valence-corrected chi connectivity index (χ0v) is 12.8. The number of hydrogen-bond donors (Lipinski definition) is 2. The van der Waals surface area contributed by atoms with E-state index in [1.807, 2.05) is 19.1 Å². The molecule has 6 nitrogen and oxygen atoms in total. The van der Waals surface area contributed by atoms with Crippen LogP contribution in [0.15, 0.2) is 29.3 Å².